The fourth-order valence-electron chi connectivity index (χ4n) is 2.88. The van der Waals surface area contributed by atoms with Crippen LogP contribution in [0.3, 0.4) is 0 Å². The van der Waals surface area contributed by atoms with E-state index >= 15 is 0 Å². The van der Waals surface area contributed by atoms with E-state index in [9.17, 15) is 5.11 Å². The number of aliphatic hydroxyl groups is 1. The van der Waals surface area contributed by atoms with Crippen molar-refractivity contribution in [1.29, 1.82) is 0 Å². The molecule has 1 aliphatic heterocycles. The summed E-state index contributed by atoms with van der Waals surface area (Å²) in [5.74, 6) is 1.17. The maximum atomic E-state index is 9.79. The Labute approximate surface area is 133 Å². The minimum atomic E-state index is -0.245. The van der Waals surface area contributed by atoms with Gasteiger partial charge in [0.05, 0.1) is 21.5 Å². The van der Waals surface area contributed by atoms with Gasteiger partial charge in [0.25, 0.3) is 0 Å². The smallest absolute Gasteiger partial charge is 0.181 e. The van der Waals surface area contributed by atoms with Gasteiger partial charge in [-0.05, 0) is 44.4 Å². The molecule has 2 aromatic rings. The highest BCUT2D eigenvalue weighted by molar-refractivity contribution is 7.19. The summed E-state index contributed by atoms with van der Waals surface area (Å²) < 4.78 is 6.16. The van der Waals surface area contributed by atoms with E-state index < -0.39 is 0 Å². The average molecular weight is 327 g/mol. The fraction of sp³-hybridized carbons (Fsp3) is 0.533. The first-order valence-corrected chi connectivity index (χ1v) is 8.42. The molecule has 0 saturated carbocycles. The van der Waals surface area contributed by atoms with Crippen molar-refractivity contribution in [1.82, 2.24) is 10.1 Å². The number of likely N-dealkylation sites (tertiary alicyclic amines) is 1. The van der Waals surface area contributed by atoms with Crippen molar-refractivity contribution in [3.63, 3.8) is 0 Å². The molecule has 1 N–H and O–H groups in total. The van der Waals surface area contributed by atoms with E-state index in [1.54, 1.807) is 6.20 Å². The van der Waals surface area contributed by atoms with E-state index in [-0.39, 0.29) is 6.10 Å². The van der Waals surface area contributed by atoms with Crippen LogP contribution in [0.5, 0.6) is 0 Å². The highest BCUT2D eigenvalue weighted by atomic mass is 35.5. The quantitative estimate of drug-likeness (QED) is 0.931. The normalized spacial score (nSPS) is 21.6. The van der Waals surface area contributed by atoms with Gasteiger partial charge in [0.15, 0.2) is 5.76 Å². The largest absolute Gasteiger partial charge is 0.393 e. The van der Waals surface area contributed by atoms with Crippen molar-refractivity contribution in [2.24, 2.45) is 5.92 Å². The lowest BCUT2D eigenvalue weighted by Gasteiger charge is -2.33. The van der Waals surface area contributed by atoms with Crippen molar-refractivity contribution < 1.29 is 9.63 Å². The average Bonchev–Trinajstić information content (AvgIpc) is 3.08. The zero-order valence-corrected chi connectivity index (χ0v) is 13.5. The monoisotopic (exact) mass is 326 g/mol. The topological polar surface area (TPSA) is 49.5 Å². The Balaban J connectivity index is 1.72. The molecule has 0 aliphatic carbocycles. The summed E-state index contributed by atoms with van der Waals surface area (Å²) in [6, 6.07) is 3.84. The zero-order chi connectivity index (χ0) is 14.8. The summed E-state index contributed by atoms with van der Waals surface area (Å²) in [5.41, 5.74) is 1.08. The molecule has 1 aliphatic rings. The number of nitrogens with zero attached hydrogens (tertiary/aromatic N) is 2. The van der Waals surface area contributed by atoms with Gasteiger partial charge in [0.2, 0.25) is 0 Å². The minimum Gasteiger partial charge on any atom is -0.393 e. The second-order valence-corrected chi connectivity index (χ2v) is 7.38. The molecule has 1 saturated heterocycles. The van der Waals surface area contributed by atoms with Crippen molar-refractivity contribution in [2.75, 3.05) is 13.1 Å². The van der Waals surface area contributed by atoms with Crippen LogP contribution in [-0.4, -0.2) is 34.4 Å². The van der Waals surface area contributed by atoms with E-state index in [0.717, 1.165) is 53.0 Å². The van der Waals surface area contributed by atoms with Gasteiger partial charge in [-0.3, -0.25) is 4.90 Å². The molecular weight excluding hydrogens is 308 g/mol. The molecule has 21 heavy (non-hydrogen) atoms. The molecular formula is C15H19ClN2O2S. The minimum absolute atomic E-state index is 0.245. The van der Waals surface area contributed by atoms with Gasteiger partial charge in [-0.25, -0.2) is 0 Å². The predicted octanol–water partition coefficient (Wildman–Crippen LogP) is 3.65. The van der Waals surface area contributed by atoms with E-state index in [4.69, 9.17) is 16.1 Å². The van der Waals surface area contributed by atoms with Crippen LogP contribution in [0.2, 0.25) is 4.34 Å². The molecule has 2 aromatic heterocycles. The summed E-state index contributed by atoms with van der Waals surface area (Å²) in [4.78, 5) is 3.38. The molecule has 0 spiro atoms. The van der Waals surface area contributed by atoms with Crippen LogP contribution in [-0.2, 0) is 6.54 Å². The van der Waals surface area contributed by atoms with Crippen LogP contribution in [0.15, 0.2) is 22.9 Å². The number of thiophene rings is 1. The van der Waals surface area contributed by atoms with Crippen LogP contribution in [0.4, 0.5) is 0 Å². The number of rotatable bonds is 4. The Bertz CT molecular complexity index is 596. The van der Waals surface area contributed by atoms with Crippen LogP contribution in [0, 0.1) is 5.92 Å². The second kappa shape index (κ2) is 6.48. The van der Waals surface area contributed by atoms with Gasteiger partial charge in [-0.1, -0.05) is 16.8 Å². The maximum absolute atomic E-state index is 9.79. The van der Waals surface area contributed by atoms with Crippen LogP contribution < -0.4 is 0 Å². The Morgan fingerprint density at radius 3 is 3.14 bits per heavy atom. The highest BCUT2D eigenvalue weighted by Crippen LogP contribution is 2.34. The van der Waals surface area contributed by atoms with E-state index in [1.165, 1.54) is 11.3 Å². The molecule has 1 fully saturated rings. The van der Waals surface area contributed by atoms with Gasteiger partial charge in [-0.15, -0.1) is 11.3 Å². The first kappa shape index (κ1) is 15.0. The van der Waals surface area contributed by atoms with Crippen molar-refractivity contribution >= 4 is 22.9 Å². The van der Waals surface area contributed by atoms with Gasteiger partial charge in [-0.2, -0.15) is 0 Å². The van der Waals surface area contributed by atoms with Gasteiger partial charge in [0.1, 0.15) is 0 Å². The summed E-state index contributed by atoms with van der Waals surface area (Å²) in [5, 5.41) is 13.7. The molecule has 3 rings (SSSR count). The van der Waals surface area contributed by atoms with Gasteiger partial charge >= 0.3 is 0 Å². The van der Waals surface area contributed by atoms with Crippen LogP contribution >= 0.6 is 22.9 Å². The van der Waals surface area contributed by atoms with E-state index in [0.29, 0.717) is 5.92 Å². The third-order valence-corrected chi connectivity index (χ3v) is 5.29. The lowest BCUT2D eigenvalue weighted by Crippen LogP contribution is -2.39. The second-order valence-electron chi connectivity index (χ2n) is 5.66. The molecule has 0 amide bonds. The molecule has 4 nitrogen and oxygen atoms in total. The number of halogens is 1. The summed E-state index contributed by atoms with van der Waals surface area (Å²) in [6.45, 7) is 4.66. The first-order chi connectivity index (χ1) is 10.1. The SMILES string of the molecule is CC(O)C1CCCN(Cc2cnoc2-c2ccc(Cl)s2)C1. The predicted molar refractivity (Wildman–Crippen MR) is 84.5 cm³/mol. The molecule has 114 valence electrons. The van der Waals surface area contributed by atoms with Gasteiger partial charge < -0.3 is 9.63 Å². The number of piperidine rings is 1. The molecule has 0 bridgehead atoms. The Hall–Kier alpha value is -0.880. The van der Waals surface area contributed by atoms with E-state index in [2.05, 4.69) is 10.1 Å². The molecule has 0 aromatic carbocycles. The fourth-order valence-corrected chi connectivity index (χ4v) is 3.94. The third-order valence-electron chi connectivity index (χ3n) is 4.06. The number of hydrogen-bond donors (Lipinski definition) is 1. The summed E-state index contributed by atoms with van der Waals surface area (Å²) in [7, 11) is 0. The maximum Gasteiger partial charge on any atom is 0.181 e. The zero-order valence-electron chi connectivity index (χ0n) is 12.0. The molecule has 2 unspecified atom stereocenters. The lowest BCUT2D eigenvalue weighted by molar-refractivity contribution is 0.0599. The number of aliphatic hydroxyl groups excluding tert-OH is 1. The van der Waals surface area contributed by atoms with Crippen LogP contribution in [0.25, 0.3) is 10.6 Å². The lowest BCUT2D eigenvalue weighted by atomic mass is 9.93. The Morgan fingerprint density at radius 2 is 2.43 bits per heavy atom. The molecule has 2 atom stereocenters. The number of aromatic nitrogens is 1. The van der Waals surface area contributed by atoms with Crippen molar-refractivity contribution in [3.8, 4) is 10.6 Å². The first-order valence-electron chi connectivity index (χ1n) is 7.23. The Kier molecular flexibility index (Phi) is 4.64. The van der Waals surface area contributed by atoms with Crippen molar-refractivity contribution in [2.45, 2.75) is 32.4 Å². The molecule has 6 heteroatoms. The Morgan fingerprint density at radius 1 is 1.57 bits per heavy atom. The van der Waals surface area contributed by atoms with E-state index in [1.807, 2.05) is 19.1 Å². The third kappa shape index (κ3) is 3.48. The summed E-state index contributed by atoms with van der Waals surface area (Å²) in [6.07, 6.45) is 3.77. The standard InChI is InChI=1S/C15H19ClN2O2S/c1-10(19)11-3-2-6-18(8-11)9-12-7-17-20-15(12)13-4-5-14(16)21-13/h4-5,7,10-11,19H,2-3,6,8-9H2,1H3. The summed E-state index contributed by atoms with van der Waals surface area (Å²) >= 11 is 7.49. The molecule has 0 radical (unpaired) electrons. The van der Waals surface area contributed by atoms with Gasteiger partial charge in [0, 0.05) is 18.7 Å². The highest BCUT2D eigenvalue weighted by Gasteiger charge is 2.25. The van der Waals surface area contributed by atoms with Crippen molar-refractivity contribution in [3.05, 3.63) is 28.2 Å². The number of hydrogen-bond acceptors (Lipinski definition) is 5. The van der Waals surface area contributed by atoms with Crippen LogP contribution in [0.1, 0.15) is 25.3 Å². The molecule has 3 heterocycles.